The van der Waals surface area contributed by atoms with Gasteiger partial charge in [0, 0.05) is 36.5 Å². The monoisotopic (exact) mass is 326 g/mol. The van der Waals surface area contributed by atoms with Crippen molar-refractivity contribution >= 4 is 23.7 Å². The summed E-state index contributed by atoms with van der Waals surface area (Å²) in [6, 6.07) is 10.5. The number of aromatic nitrogens is 1. The summed E-state index contributed by atoms with van der Waals surface area (Å²) in [4.78, 5) is 27.4. The fourth-order valence-electron chi connectivity index (χ4n) is 1.81. The van der Waals surface area contributed by atoms with Gasteiger partial charge in [-0.25, -0.2) is 5.43 Å². The molecular formula is C17H18N4O3. The molecule has 0 unspecified atom stereocenters. The first-order valence-electron chi connectivity index (χ1n) is 7.33. The van der Waals surface area contributed by atoms with Gasteiger partial charge in [-0.1, -0.05) is 6.07 Å². The van der Waals surface area contributed by atoms with Crippen molar-refractivity contribution in [1.82, 2.24) is 10.4 Å². The molecule has 0 aliphatic rings. The molecule has 0 saturated carbocycles. The Labute approximate surface area is 139 Å². The second kappa shape index (κ2) is 9.04. The number of nitrogens with zero attached hydrogens (tertiary/aromatic N) is 2. The molecule has 124 valence electrons. The Balaban J connectivity index is 1.70. The lowest BCUT2D eigenvalue weighted by atomic mass is 10.2. The lowest BCUT2D eigenvalue weighted by molar-refractivity contribution is -0.124. The molecule has 0 fully saturated rings. The molecule has 0 spiro atoms. The highest BCUT2D eigenvalue weighted by Gasteiger charge is 2.06. The summed E-state index contributed by atoms with van der Waals surface area (Å²) >= 11 is 0. The predicted octanol–water partition coefficient (Wildman–Crippen LogP) is 1.96. The molecule has 1 heterocycles. The zero-order chi connectivity index (χ0) is 17.2. The van der Waals surface area contributed by atoms with Crippen molar-refractivity contribution in [3.8, 4) is 5.75 Å². The number of carbonyl (C=O) groups is 2. The smallest absolute Gasteiger partial charge is 0.240 e. The molecular weight excluding hydrogens is 308 g/mol. The molecule has 7 nitrogen and oxygen atoms in total. The highest BCUT2D eigenvalue weighted by atomic mass is 16.5. The Bertz CT molecular complexity index is 700. The van der Waals surface area contributed by atoms with Crippen molar-refractivity contribution < 1.29 is 14.3 Å². The van der Waals surface area contributed by atoms with Gasteiger partial charge in [-0.05, 0) is 30.3 Å². The van der Waals surface area contributed by atoms with E-state index in [1.807, 2.05) is 6.07 Å². The van der Waals surface area contributed by atoms with Crippen LogP contribution in [0, 0.1) is 0 Å². The molecule has 1 aromatic carbocycles. The largest absolute Gasteiger partial charge is 0.497 e. The number of methoxy groups -OCH3 is 1. The number of nitrogens with one attached hydrogen (secondary N) is 2. The van der Waals surface area contributed by atoms with Gasteiger partial charge >= 0.3 is 0 Å². The van der Waals surface area contributed by atoms with Gasteiger partial charge in [0.05, 0.1) is 13.3 Å². The van der Waals surface area contributed by atoms with E-state index < -0.39 is 0 Å². The van der Waals surface area contributed by atoms with Gasteiger partial charge in [0.25, 0.3) is 0 Å². The second-order valence-electron chi connectivity index (χ2n) is 4.86. The number of hydrogen-bond acceptors (Lipinski definition) is 5. The van der Waals surface area contributed by atoms with Gasteiger partial charge in [0.15, 0.2) is 0 Å². The first-order valence-corrected chi connectivity index (χ1v) is 7.33. The third kappa shape index (κ3) is 5.88. The Hall–Kier alpha value is -3.22. The van der Waals surface area contributed by atoms with Crippen LogP contribution in [0.25, 0.3) is 0 Å². The summed E-state index contributed by atoms with van der Waals surface area (Å²) in [5.74, 6) is 0.130. The molecule has 2 rings (SSSR count). The van der Waals surface area contributed by atoms with Crippen molar-refractivity contribution in [3.05, 3.63) is 54.4 Å². The summed E-state index contributed by atoms with van der Waals surface area (Å²) in [6.45, 7) is 0. The van der Waals surface area contributed by atoms with Crippen LogP contribution in [0.15, 0.2) is 53.9 Å². The van der Waals surface area contributed by atoms with Crippen LogP contribution in [0.5, 0.6) is 5.75 Å². The summed E-state index contributed by atoms with van der Waals surface area (Å²) in [7, 11) is 1.57. The highest BCUT2D eigenvalue weighted by Crippen LogP contribution is 2.15. The van der Waals surface area contributed by atoms with Crippen LogP contribution in [0.4, 0.5) is 5.69 Å². The third-order valence-corrected chi connectivity index (χ3v) is 3.04. The quantitative estimate of drug-likeness (QED) is 0.601. The number of benzene rings is 1. The van der Waals surface area contributed by atoms with E-state index in [0.717, 1.165) is 5.56 Å². The number of amides is 2. The van der Waals surface area contributed by atoms with Gasteiger partial charge < -0.3 is 10.1 Å². The zero-order valence-electron chi connectivity index (χ0n) is 13.2. The van der Waals surface area contributed by atoms with E-state index in [-0.39, 0.29) is 24.7 Å². The minimum absolute atomic E-state index is 0.0480. The lowest BCUT2D eigenvalue weighted by Crippen LogP contribution is -2.20. The van der Waals surface area contributed by atoms with Crippen LogP contribution in [-0.4, -0.2) is 30.1 Å². The maximum absolute atomic E-state index is 11.8. The van der Waals surface area contributed by atoms with Crippen LogP contribution < -0.4 is 15.5 Å². The zero-order valence-corrected chi connectivity index (χ0v) is 13.2. The lowest BCUT2D eigenvalue weighted by Gasteiger charge is -2.06. The molecule has 0 atom stereocenters. The third-order valence-electron chi connectivity index (χ3n) is 3.04. The summed E-state index contributed by atoms with van der Waals surface area (Å²) in [5.41, 5.74) is 3.79. The van der Waals surface area contributed by atoms with Gasteiger partial charge in [-0.2, -0.15) is 5.10 Å². The van der Waals surface area contributed by atoms with Crippen molar-refractivity contribution in [1.29, 1.82) is 0 Å². The van der Waals surface area contributed by atoms with Crippen LogP contribution >= 0.6 is 0 Å². The number of carbonyl (C=O) groups excluding carboxylic acids is 2. The first kappa shape index (κ1) is 17.1. The number of hydrazone groups is 1. The summed E-state index contributed by atoms with van der Waals surface area (Å²) in [6.07, 6.45) is 4.88. The maximum Gasteiger partial charge on any atom is 0.240 e. The number of rotatable bonds is 7. The SMILES string of the molecule is COc1ccc(NC(=O)CCC(=O)N/N=C\c2cccnc2)cc1. The average Bonchev–Trinajstić information content (AvgIpc) is 2.61. The fourth-order valence-corrected chi connectivity index (χ4v) is 1.81. The van der Waals surface area contributed by atoms with Gasteiger partial charge in [0.1, 0.15) is 5.75 Å². The summed E-state index contributed by atoms with van der Waals surface area (Å²) < 4.78 is 5.04. The minimum Gasteiger partial charge on any atom is -0.497 e. The first-order chi connectivity index (χ1) is 11.7. The van der Waals surface area contributed by atoms with E-state index in [1.165, 1.54) is 6.21 Å². The Morgan fingerprint density at radius 3 is 2.58 bits per heavy atom. The van der Waals surface area contributed by atoms with Gasteiger partial charge in [-0.3, -0.25) is 14.6 Å². The van der Waals surface area contributed by atoms with Crippen molar-refractivity contribution in [2.24, 2.45) is 5.10 Å². The number of ether oxygens (including phenoxy) is 1. The molecule has 0 aliphatic heterocycles. The molecule has 2 N–H and O–H groups in total. The van der Waals surface area contributed by atoms with E-state index in [9.17, 15) is 9.59 Å². The van der Waals surface area contributed by atoms with E-state index in [4.69, 9.17) is 4.74 Å². The minimum atomic E-state index is -0.333. The number of anilines is 1. The normalized spacial score (nSPS) is 10.4. The van der Waals surface area contributed by atoms with Crippen molar-refractivity contribution in [3.63, 3.8) is 0 Å². The molecule has 2 amide bonds. The molecule has 0 bridgehead atoms. The van der Waals surface area contributed by atoms with E-state index in [0.29, 0.717) is 11.4 Å². The standard InChI is InChI=1S/C17H18N4O3/c1-24-15-6-4-14(5-7-15)20-16(22)8-9-17(23)21-19-12-13-3-2-10-18-11-13/h2-7,10-12H,8-9H2,1H3,(H,20,22)(H,21,23)/b19-12-. The van der Waals surface area contributed by atoms with E-state index in [1.54, 1.807) is 49.8 Å². The number of pyridine rings is 1. The van der Waals surface area contributed by atoms with Crippen molar-refractivity contribution in [2.45, 2.75) is 12.8 Å². The molecule has 24 heavy (non-hydrogen) atoms. The summed E-state index contributed by atoms with van der Waals surface area (Å²) in [5, 5.41) is 6.52. The van der Waals surface area contributed by atoms with Crippen LogP contribution in [0.3, 0.4) is 0 Å². The topological polar surface area (TPSA) is 92.7 Å². The van der Waals surface area contributed by atoms with Gasteiger partial charge in [0.2, 0.25) is 11.8 Å². The van der Waals surface area contributed by atoms with Crippen molar-refractivity contribution in [2.75, 3.05) is 12.4 Å². The van der Waals surface area contributed by atoms with Crippen LogP contribution in [0.2, 0.25) is 0 Å². The molecule has 7 heteroatoms. The maximum atomic E-state index is 11.8. The molecule has 1 aromatic heterocycles. The molecule has 0 radical (unpaired) electrons. The molecule has 0 saturated heterocycles. The highest BCUT2D eigenvalue weighted by molar-refractivity contribution is 5.93. The Morgan fingerprint density at radius 2 is 1.92 bits per heavy atom. The van der Waals surface area contributed by atoms with E-state index in [2.05, 4.69) is 20.8 Å². The molecule has 2 aromatic rings. The second-order valence-corrected chi connectivity index (χ2v) is 4.86. The van der Waals surface area contributed by atoms with Crippen LogP contribution in [-0.2, 0) is 9.59 Å². The fraction of sp³-hybridized carbons (Fsp3) is 0.176. The Morgan fingerprint density at radius 1 is 1.17 bits per heavy atom. The van der Waals surface area contributed by atoms with E-state index >= 15 is 0 Å². The Kier molecular flexibility index (Phi) is 6.46. The van der Waals surface area contributed by atoms with Gasteiger partial charge in [-0.15, -0.1) is 0 Å². The average molecular weight is 326 g/mol. The predicted molar refractivity (Wildman–Crippen MR) is 90.8 cm³/mol. The molecule has 0 aliphatic carbocycles. The number of hydrogen-bond donors (Lipinski definition) is 2. The van der Waals surface area contributed by atoms with Crippen LogP contribution in [0.1, 0.15) is 18.4 Å².